The molecule has 0 amide bonds. The summed E-state index contributed by atoms with van der Waals surface area (Å²) in [5.41, 5.74) is 4.69. The summed E-state index contributed by atoms with van der Waals surface area (Å²) in [7, 11) is 0. The first-order valence-corrected chi connectivity index (χ1v) is 9.52. The molecule has 0 saturated carbocycles. The molecule has 4 nitrogen and oxygen atoms in total. The monoisotopic (exact) mass is 351 g/mol. The minimum Gasteiger partial charge on any atom is -0.504 e. The number of nitrogens with zero attached hydrogens (tertiary/aromatic N) is 1. The topological polar surface area (TPSA) is 63.9 Å². The summed E-state index contributed by atoms with van der Waals surface area (Å²) in [6.45, 7) is 5.64. The van der Waals surface area contributed by atoms with Gasteiger partial charge in [-0.15, -0.1) is 0 Å². The Morgan fingerprint density at radius 3 is 2.65 bits per heavy atom. The third-order valence-corrected chi connectivity index (χ3v) is 7.44. The van der Waals surface area contributed by atoms with Gasteiger partial charge >= 0.3 is 0 Å². The summed E-state index contributed by atoms with van der Waals surface area (Å²) >= 11 is 0. The molecule has 2 unspecified atom stereocenters. The van der Waals surface area contributed by atoms with Crippen molar-refractivity contribution in [3.63, 3.8) is 0 Å². The van der Waals surface area contributed by atoms with E-state index in [9.17, 15) is 15.3 Å². The highest BCUT2D eigenvalue weighted by molar-refractivity contribution is 5.59. The largest absolute Gasteiger partial charge is 0.504 e. The van der Waals surface area contributed by atoms with E-state index >= 15 is 0 Å². The lowest BCUT2D eigenvalue weighted by Gasteiger charge is -2.59. The van der Waals surface area contributed by atoms with Gasteiger partial charge < -0.3 is 15.3 Å². The molecule has 0 aromatic heterocycles. The zero-order valence-electron chi connectivity index (χ0n) is 15.2. The molecular weight excluding hydrogens is 326 g/mol. The molecule has 2 aliphatic heterocycles. The second-order valence-corrected chi connectivity index (χ2v) is 8.51. The van der Waals surface area contributed by atoms with Crippen LogP contribution in [-0.4, -0.2) is 32.8 Å². The van der Waals surface area contributed by atoms with Crippen LogP contribution in [0.15, 0.2) is 30.3 Å². The Morgan fingerprint density at radius 1 is 1.08 bits per heavy atom. The molecule has 2 heterocycles. The number of phenolic OH excluding ortho intramolecular Hbond substituents is 3. The molecule has 3 aliphatic rings. The minimum atomic E-state index is -0.389. The first-order chi connectivity index (χ1) is 12.4. The molecule has 4 heteroatoms. The Kier molecular flexibility index (Phi) is 3.18. The lowest BCUT2D eigenvalue weighted by Crippen LogP contribution is -2.60. The van der Waals surface area contributed by atoms with E-state index in [1.807, 2.05) is 0 Å². The Labute approximate surface area is 153 Å². The molecule has 1 fully saturated rings. The van der Waals surface area contributed by atoms with Gasteiger partial charge in [0.1, 0.15) is 0 Å². The van der Waals surface area contributed by atoms with E-state index in [1.165, 1.54) is 11.1 Å². The van der Waals surface area contributed by atoms with E-state index in [0.29, 0.717) is 12.0 Å². The van der Waals surface area contributed by atoms with Crippen LogP contribution in [0.3, 0.4) is 0 Å². The van der Waals surface area contributed by atoms with Gasteiger partial charge in [0.05, 0.1) is 0 Å². The van der Waals surface area contributed by atoms with Crippen molar-refractivity contribution in [1.29, 1.82) is 0 Å². The summed E-state index contributed by atoms with van der Waals surface area (Å²) in [6, 6.07) is 10.9. The van der Waals surface area contributed by atoms with Crippen LogP contribution < -0.4 is 0 Å². The normalized spacial score (nSPS) is 32.5. The molecule has 136 valence electrons. The maximum atomic E-state index is 10.6. The van der Waals surface area contributed by atoms with Crippen LogP contribution >= 0.6 is 0 Å². The highest BCUT2D eigenvalue weighted by Gasteiger charge is 2.53. The van der Waals surface area contributed by atoms with Crippen LogP contribution in [0, 0.1) is 5.92 Å². The Balaban J connectivity index is 1.69. The smallest absolute Gasteiger partial charge is 0.200 e. The third kappa shape index (κ3) is 1.88. The van der Waals surface area contributed by atoms with Crippen LogP contribution in [0.5, 0.6) is 17.2 Å². The maximum absolute atomic E-state index is 10.6. The number of hydrogen-bond acceptors (Lipinski definition) is 4. The molecule has 2 aromatic carbocycles. The zero-order chi connectivity index (χ0) is 18.2. The summed E-state index contributed by atoms with van der Waals surface area (Å²) in [6.07, 6.45) is 2.73. The summed E-state index contributed by atoms with van der Waals surface area (Å²) in [5.74, 6) is -0.224. The van der Waals surface area contributed by atoms with Crippen molar-refractivity contribution in [3.05, 3.63) is 52.6 Å². The average Bonchev–Trinajstić information content (AvgIpc) is 2.62. The van der Waals surface area contributed by atoms with Gasteiger partial charge in [0.15, 0.2) is 11.5 Å². The van der Waals surface area contributed by atoms with Gasteiger partial charge in [0.25, 0.3) is 0 Å². The molecule has 26 heavy (non-hydrogen) atoms. The van der Waals surface area contributed by atoms with Crippen molar-refractivity contribution in [2.75, 3.05) is 6.54 Å². The van der Waals surface area contributed by atoms with Crippen molar-refractivity contribution in [3.8, 4) is 17.2 Å². The lowest BCUT2D eigenvalue weighted by atomic mass is 9.56. The van der Waals surface area contributed by atoms with E-state index < -0.39 is 0 Å². The molecule has 3 N–H and O–H groups in total. The summed E-state index contributed by atoms with van der Waals surface area (Å²) < 4.78 is 0. The van der Waals surface area contributed by atoms with Crippen LogP contribution in [0.4, 0.5) is 0 Å². The molecule has 5 rings (SSSR count). The fourth-order valence-corrected chi connectivity index (χ4v) is 5.91. The highest BCUT2D eigenvalue weighted by Crippen LogP contribution is 2.58. The van der Waals surface area contributed by atoms with Crippen molar-refractivity contribution in [1.82, 2.24) is 4.90 Å². The van der Waals surface area contributed by atoms with Crippen molar-refractivity contribution in [2.45, 2.75) is 50.6 Å². The summed E-state index contributed by atoms with van der Waals surface area (Å²) in [4.78, 5) is 2.53. The molecule has 2 aromatic rings. The molecular formula is C22H25NO3. The first-order valence-electron chi connectivity index (χ1n) is 9.52. The molecule has 1 aliphatic carbocycles. The van der Waals surface area contributed by atoms with Gasteiger partial charge in [-0.25, -0.2) is 0 Å². The Morgan fingerprint density at radius 2 is 1.85 bits per heavy atom. The van der Waals surface area contributed by atoms with Gasteiger partial charge in [0, 0.05) is 24.2 Å². The number of fused-ring (bicyclic) bond motifs is 8. The van der Waals surface area contributed by atoms with Crippen LogP contribution in [0.1, 0.15) is 48.6 Å². The molecule has 2 bridgehead atoms. The van der Waals surface area contributed by atoms with Crippen LogP contribution in [-0.2, 0) is 18.3 Å². The summed E-state index contributed by atoms with van der Waals surface area (Å²) in [5, 5.41) is 30.7. The number of phenols is 3. The van der Waals surface area contributed by atoms with Gasteiger partial charge in [-0.3, -0.25) is 4.90 Å². The van der Waals surface area contributed by atoms with Gasteiger partial charge in [-0.1, -0.05) is 38.1 Å². The van der Waals surface area contributed by atoms with Crippen LogP contribution in [0.2, 0.25) is 0 Å². The lowest BCUT2D eigenvalue weighted by molar-refractivity contribution is -0.0216. The molecule has 1 saturated heterocycles. The third-order valence-electron chi connectivity index (χ3n) is 7.44. The second-order valence-electron chi connectivity index (χ2n) is 8.51. The number of benzene rings is 2. The van der Waals surface area contributed by atoms with Crippen LogP contribution in [0.25, 0.3) is 0 Å². The number of rotatable bonds is 0. The minimum absolute atomic E-state index is 0.0369. The Hall–Kier alpha value is -2.20. The van der Waals surface area contributed by atoms with Crippen molar-refractivity contribution < 1.29 is 15.3 Å². The van der Waals surface area contributed by atoms with Gasteiger partial charge in [-0.2, -0.15) is 0 Å². The number of piperidine rings is 1. The van der Waals surface area contributed by atoms with Gasteiger partial charge in [0.2, 0.25) is 5.75 Å². The molecule has 0 radical (unpaired) electrons. The predicted molar refractivity (Wildman–Crippen MR) is 99.7 cm³/mol. The van der Waals surface area contributed by atoms with E-state index in [1.54, 1.807) is 6.07 Å². The molecule has 4 atom stereocenters. The second kappa shape index (κ2) is 5.17. The maximum Gasteiger partial charge on any atom is 0.200 e. The van der Waals surface area contributed by atoms with E-state index in [2.05, 4.69) is 43.0 Å². The predicted octanol–water partition coefficient (Wildman–Crippen LogP) is 3.63. The van der Waals surface area contributed by atoms with Crippen molar-refractivity contribution >= 4 is 0 Å². The fraction of sp³-hybridized carbons (Fsp3) is 0.455. The van der Waals surface area contributed by atoms with Crippen molar-refractivity contribution in [2.24, 2.45) is 5.92 Å². The van der Waals surface area contributed by atoms with E-state index in [0.717, 1.165) is 36.9 Å². The molecule has 0 spiro atoms. The quantitative estimate of drug-likeness (QED) is 0.634. The standard InChI is InChI=1S/C22H25NO3/c1-12-16-9-13-5-3-4-6-15(13)22(12,2)11-17-19-14(7-8-23(16)17)10-18(24)20(25)21(19)26/h3-6,10,12,16-17,24-26H,7-9,11H2,1-2H3/t12-,16?,17?,22+/m0/s1. The average molecular weight is 351 g/mol. The van der Waals surface area contributed by atoms with Gasteiger partial charge in [-0.05, 0) is 53.4 Å². The zero-order valence-corrected chi connectivity index (χ0v) is 15.2. The highest BCUT2D eigenvalue weighted by atomic mass is 16.3. The van der Waals surface area contributed by atoms with E-state index in [4.69, 9.17) is 0 Å². The number of hydrogen-bond donors (Lipinski definition) is 3. The SMILES string of the molecule is C[C@H]1C2Cc3ccccc3[C@]1(C)CC1c3c(cc(O)c(O)c3O)CCN12. The Bertz CT molecular complexity index is 909. The number of aromatic hydroxyl groups is 3. The fourth-order valence-electron chi connectivity index (χ4n) is 5.91. The van der Waals surface area contributed by atoms with E-state index in [-0.39, 0.29) is 28.7 Å². The first kappa shape index (κ1) is 16.0.